The summed E-state index contributed by atoms with van der Waals surface area (Å²) in [4.78, 5) is 55.8. The molecule has 0 saturated carbocycles. The van der Waals surface area contributed by atoms with Gasteiger partial charge in [0, 0.05) is 36.1 Å². The Morgan fingerprint density at radius 1 is 0.706 bits per heavy atom. The SMILES string of the molecule is CN(C)CC1C(=O)O[C@H]2[C@H]1CC/C(C(=O)OCCOCCOC(=O)/C1=C/CC[C@@]3(C)O[C@H]3[C@H]3OC(=O)[C@@H](CN(C)C)[C@@H]3CC1)=C\CC[C@@]1(C)O[C@@H]21. The number of allylic oxidation sites excluding steroid dienone is 2. The van der Waals surface area contributed by atoms with Crippen molar-refractivity contribution < 1.29 is 52.3 Å². The summed E-state index contributed by atoms with van der Waals surface area (Å²) in [5.41, 5.74) is 0.465. The number of hydrogen-bond donors (Lipinski definition) is 0. The maximum absolute atomic E-state index is 13.1. The molecule has 1 unspecified atom stereocenters. The van der Waals surface area contributed by atoms with Gasteiger partial charge in [0.25, 0.3) is 0 Å². The van der Waals surface area contributed by atoms with Gasteiger partial charge in [0.05, 0.1) is 36.3 Å². The number of rotatable bonds is 12. The van der Waals surface area contributed by atoms with Crippen LogP contribution in [0.5, 0.6) is 0 Å². The van der Waals surface area contributed by atoms with E-state index in [1.54, 1.807) is 0 Å². The number of esters is 4. The zero-order valence-electron chi connectivity index (χ0n) is 31.1. The monoisotopic (exact) mass is 716 g/mol. The van der Waals surface area contributed by atoms with Gasteiger partial charge in [0.2, 0.25) is 0 Å². The third kappa shape index (κ3) is 8.70. The number of carbonyl (C=O) groups is 4. The van der Waals surface area contributed by atoms with E-state index in [0.717, 1.165) is 12.8 Å². The van der Waals surface area contributed by atoms with Crippen LogP contribution in [0.25, 0.3) is 0 Å². The number of ether oxygens (including phenoxy) is 7. The zero-order chi connectivity index (χ0) is 36.5. The standard InChI is InChI=1S/C38H56N2O11/c1-37-15-7-9-23(11-13-25-27(21-39(3)4)35(43)48-29(25)31(37)50-37)33(41)46-19-17-45-18-20-47-34(42)24-10-8-16-38(2)32(51-38)30-26(14-12-24)28(22-40(5)6)36(44)49-30/h9-10,25-32H,7-8,11-22H2,1-6H3/b23-9+,24-10+/t25-,26-,27-,28?,29-,30-,31-,32-,37+,38+/m0/s1. The molecule has 0 aromatic heterocycles. The van der Waals surface area contributed by atoms with E-state index in [-0.39, 0.29) is 110 Å². The molecular weight excluding hydrogens is 660 g/mol. The molecule has 13 nitrogen and oxygen atoms in total. The molecule has 0 bridgehead atoms. The Hall–Kier alpha value is -2.84. The lowest BCUT2D eigenvalue weighted by atomic mass is 9.80. The molecule has 6 rings (SSSR count). The molecule has 4 heterocycles. The van der Waals surface area contributed by atoms with Crippen LogP contribution in [0.3, 0.4) is 0 Å². The number of carbonyl (C=O) groups excluding carboxylic acids is 4. The quantitative estimate of drug-likeness (QED) is 0.126. The molecule has 51 heavy (non-hydrogen) atoms. The zero-order valence-corrected chi connectivity index (χ0v) is 31.1. The molecule has 4 aliphatic heterocycles. The third-order valence-corrected chi connectivity index (χ3v) is 11.6. The summed E-state index contributed by atoms with van der Waals surface area (Å²) in [5, 5.41) is 0. The number of fused-ring (bicyclic) bond motifs is 6. The Morgan fingerprint density at radius 2 is 1.12 bits per heavy atom. The van der Waals surface area contributed by atoms with E-state index in [1.807, 2.05) is 64.0 Å². The molecule has 0 N–H and O–H groups in total. The van der Waals surface area contributed by atoms with Gasteiger partial charge in [-0.15, -0.1) is 0 Å². The van der Waals surface area contributed by atoms with Crippen LogP contribution in [0.15, 0.2) is 23.3 Å². The topological polar surface area (TPSA) is 146 Å². The lowest BCUT2D eigenvalue weighted by Crippen LogP contribution is -2.34. The first-order valence-electron chi connectivity index (χ1n) is 18.7. The fraction of sp³-hybridized carbons (Fsp3) is 0.789. The Morgan fingerprint density at radius 3 is 1.51 bits per heavy atom. The van der Waals surface area contributed by atoms with Crippen molar-refractivity contribution in [3.63, 3.8) is 0 Å². The van der Waals surface area contributed by atoms with E-state index in [1.165, 1.54) is 0 Å². The lowest BCUT2D eigenvalue weighted by molar-refractivity contribution is -0.146. The van der Waals surface area contributed by atoms with Crippen LogP contribution in [-0.4, -0.2) is 137 Å². The Kier molecular flexibility index (Phi) is 11.6. The molecule has 0 aromatic rings. The molecule has 4 saturated heterocycles. The largest absolute Gasteiger partial charge is 0.460 e. The summed E-state index contributed by atoms with van der Waals surface area (Å²) in [6.45, 7) is 5.71. The number of hydrogen-bond acceptors (Lipinski definition) is 13. The van der Waals surface area contributed by atoms with Crippen molar-refractivity contribution in [1.82, 2.24) is 9.80 Å². The van der Waals surface area contributed by atoms with Crippen molar-refractivity contribution in [1.29, 1.82) is 0 Å². The van der Waals surface area contributed by atoms with Crippen LogP contribution in [0, 0.1) is 23.7 Å². The van der Waals surface area contributed by atoms with Crippen molar-refractivity contribution in [3.8, 4) is 0 Å². The molecule has 0 amide bonds. The van der Waals surface area contributed by atoms with Gasteiger partial charge in [0.1, 0.15) is 37.6 Å². The molecule has 4 fully saturated rings. The van der Waals surface area contributed by atoms with Crippen LogP contribution < -0.4 is 0 Å². The average molecular weight is 717 g/mol. The van der Waals surface area contributed by atoms with E-state index in [4.69, 9.17) is 33.2 Å². The van der Waals surface area contributed by atoms with Gasteiger partial charge in [-0.2, -0.15) is 0 Å². The Labute approximate surface area is 301 Å². The predicted octanol–water partition coefficient (Wildman–Crippen LogP) is 2.84. The van der Waals surface area contributed by atoms with Crippen LogP contribution in [0.1, 0.15) is 65.2 Å². The van der Waals surface area contributed by atoms with Gasteiger partial charge in [-0.1, -0.05) is 12.2 Å². The molecule has 0 radical (unpaired) electrons. The van der Waals surface area contributed by atoms with Crippen LogP contribution >= 0.6 is 0 Å². The first-order chi connectivity index (χ1) is 24.3. The molecule has 13 heteroatoms. The summed E-state index contributed by atoms with van der Waals surface area (Å²) < 4.78 is 40.6. The van der Waals surface area contributed by atoms with Crippen LogP contribution in [-0.2, 0) is 52.3 Å². The molecule has 6 aliphatic rings. The minimum atomic E-state index is -0.390. The molecular formula is C38H56N2O11. The van der Waals surface area contributed by atoms with E-state index in [2.05, 4.69) is 0 Å². The van der Waals surface area contributed by atoms with E-state index < -0.39 is 0 Å². The third-order valence-electron chi connectivity index (χ3n) is 11.6. The van der Waals surface area contributed by atoms with Gasteiger partial charge in [-0.3, -0.25) is 9.59 Å². The first kappa shape index (κ1) is 37.9. The second kappa shape index (κ2) is 15.6. The highest BCUT2D eigenvalue weighted by Gasteiger charge is 2.64. The lowest BCUT2D eigenvalue weighted by Gasteiger charge is -2.24. The van der Waals surface area contributed by atoms with Crippen molar-refractivity contribution in [2.24, 2.45) is 23.7 Å². The highest BCUT2D eigenvalue weighted by Crippen LogP contribution is 2.51. The van der Waals surface area contributed by atoms with Gasteiger partial charge in [-0.05, 0) is 93.4 Å². The normalized spacial score (nSPS) is 39.5. The van der Waals surface area contributed by atoms with E-state index in [0.29, 0.717) is 62.8 Å². The Balaban J connectivity index is 0.937. The number of epoxide rings is 2. The van der Waals surface area contributed by atoms with Gasteiger partial charge >= 0.3 is 23.9 Å². The van der Waals surface area contributed by atoms with Crippen LogP contribution in [0.4, 0.5) is 0 Å². The van der Waals surface area contributed by atoms with Gasteiger partial charge in [0.15, 0.2) is 0 Å². The molecule has 0 aromatic carbocycles. The maximum Gasteiger partial charge on any atom is 0.333 e. The fourth-order valence-corrected chi connectivity index (χ4v) is 8.64. The van der Waals surface area contributed by atoms with Crippen molar-refractivity contribution >= 4 is 23.9 Å². The highest BCUT2D eigenvalue weighted by molar-refractivity contribution is 5.89. The van der Waals surface area contributed by atoms with Crippen molar-refractivity contribution in [3.05, 3.63) is 23.3 Å². The average Bonchev–Trinajstić information content (AvgIpc) is 3.87. The number of nitrogens with zero attached hydrogens (tertiary/aromatic N) is 2. The smallest absolute Gasteiger partial charge is 0.333 e. The van der Waals surface area contributed by atoms with Crippen molar-refractivity contribution in [2.45, 2.75) is 101 Å². The fourth-order valence-electron chi connectivity index (χ4n) is 8.64. The summed E-state index contributed by atoms with van der Waals surface area (Å²) in [5.74, 6) is -1.77. The Bertz CT molecular complexity index is 1290. The first-order valence-corrected chi connectivity index (χ1v) is 18.7. The second-order valence-electron chi connectivity index (χ2n) is 16.1. The van der Waals surface area contributed by atoms with E-state index in [9.17, 15) is 19.2 Å². The summed E-state index contributed by atoms with van der Waals surface area (Å²) in [6, 6.07) is 0. The van der Waals surface area contributed by atoms with Crippen molar-refractivity contribution in [2.75, 3.05) is 67.7 Å². The molecule has 284 valence electrons. The predicted molar refractivity (Wildman–Crippen MR) is 183 cm³/mol. The van der Waals surface area contributed by atoms with Gasteiger partial charge < -0.3 is 43.0 Å². The van der Waals surface area contributed by atoms with Crippen LogP contribution in [0.2, 0.25) is 0 Å². The highest BCUT2D eigenvalue weighted by atomic mass is 16.7. The maximum atomic E-state index is 13.1. The van der Waals surface area contributed by atoms with E-state index >= 15 is 0 Å². The summed E-state index contributed by atoms with van der Waals surface area (Å²) >= 11 is 0. The second-order valence-corrected chi connectivity index (χ2v) is 16.1. The summed E-state index contributed by atoms with van der Waals surface area (Å²) in [7, 11) is 7.76. The molecule has 0 spiro atoms. The minimum Gasteiger partial charge on any atom is -0.460 e. The van der Waals surface area contributed by atoms with Gasteiger partial charge in [-0.25, -0.2) is 9.59 Å². The summed E-state index contributed by atoms with van der Waals surface area (Å²) in [6.07, 6.45) is 8.10. The molecule has 10 atom stereocenters. The molecule has 2 aliphatic carbocycles. The minimum absolute atomic E-state index is 0.0418.